The zero-order valence-electron chi connectivity index (χ0n) is 15.1. The highest BCUT2D eigenvalue weighted by Gasteiger charge is 2.31. The molecule has 1 amide bonds. The molecule has 0 spiro atoms. The first-order chi connectivity index (χ1) is 11.4. The van der Waals surface area contributed by atoms with Crippen LogP contribution in [0, 0.1) is 0 Å². The van der Waals surface area contributed by atoms with Crippen molar-refractivity contribution in [1.29, 1.82) is 0 Å². The average Bonchev–Trinajstić information content (AvgIpc) is 3.22. The average molecular weight is 363 g/mol. The third-order valence-corrected chi connectivity index (χ3v) is 4.78. The molecule has 1 aliphatic heterocycles. The van der Waals surface area contributed by atoms with Crippen molar-refractivity contribution in [2.75, 3.05) is 6.54 Å². The smallest absolute Gasteiger partial charge is 0.257 e. The van der Waals surface area contributed by atoms with Crippen LogP contribution in [0.15, 0.2) is 41.0 Å². The Balaban J connectivity index is 0.00000225. The van der Waals surface area contributed by atoms with E-state index in [9.17, 15) is 4.79 Å². The maximum Gasteiger partial charge on any atom is 0.257 e. The topological polar surface area (TPSA) is 59.5 Å². The van der Waals surface area contributed by atoms with Crippen LogP contribution >= 0.6 is 12.4 Å². The quantitative estimate of drug-likeness (QED) is 0.878. The summed E-state index contributed by atoms with van der Waals surface area (Å²) in [6.45, 7) is 7.72. The zero-order chi connectivity index (χ0) is 17.3. The van der Waals surface area contributed by atoms with Gasteiger partial charge in [-0.25, -0.2) is 0 Å². The van der Waals surface area contributed by atoms with E-state index in [-0.39, 0.29) is 29.8 Å². The van der Waals surface area contributed by atoms with Gasteiger partial charge in [-0.1, -0.05) is 45.0 Å². The molecule has 25 heavy (non-hydrogen) atoms. The van der Waals surface area contributed by atoms with Crippen LogP contribution < -0.4 is 5.73 Å². The van der Waals surface area contributed by atoms with Crippen LogP contribution in [0.5, 0.6) is 0 Å². The predicted octanol–water partition coefficient (Wildman–Crippen LogP) is 4.43. The minimum Gasteiger partial charge on any atom is -0.467 e. The first kappa shape index (κ1) is 19.5. The first-order valence-corrected chi connectivity index (χ1v) is 8.59. The maximum absolute atomic E-state index is 12.8. The van der Waals surface area contributed by atoms with Crippen LogP contribution in [0.1, 0.15) is 66.9 Å². The molecule has 1 aromatic carbocycles. The van der Waals surface area contributed by atoms with Crippen molar-refractivity contribution in [2.45, 2.75) is 51.6 Å². The lowest BCUT2D eigenvalue weighted by molar-refractivity contribution is 0.0735. The van der Waals surface area contributed by atoms with Crippen LogP contribution in [0.3, 0.4) is 0 Å². The van der Waals surface area contributed by atoms with Crippen molar-refractivity contribution in [3.05, 3.63) is 59.0 Å². The van der Waals surface area contributed by atoms with Gasteiger partial charge in [0.1, 0.15) is 12.0 Å². The van der Waals surface area contributed by atoms with E-state index in [1.165, 1.54) is 17.4 Å². The summed E-state index contributed by atoms with van der Waals surface area (Å²) in [4.78, 5) is 14.8. The number of carbonyl (C=O) groups excluding carboxylic acids is 1. The Morgan fingerprint density at radius 2 is 1.96 bits per heavy atom. The molecule has 4 nitrogen and oxygen atoms in total. The van der Waals surface area contributed by atoms with E-state index >= 15 is 0 Å². The number of halogens is 1. The molecular weight excluding hydrogens is 336 g/mol. The number of carbonyl (C=O) groups is 1. The Morgan fingerprint density at radius 3 is 2.52 bits per heavy atom. The van der Waals surface area contributed by atoms with Gasteiger partial charge in [-0.15, -0.1) is 12.4 Å². The van der Waals surface area contributed by atoms with Crippen molar-refractivity contribution in [1.82, 2.24) is 4.90 Å². The SMILES string of the molecule is CC(C)(C)c1ccc(C2CCCN2C(=O)c2coc(CN)c2)cc1.Cl. The molecule has 0 saturated carbocycles. The van der Waals surface area contributed by atoms with Crippen molar-refractivity contribution in [3.8, 4) is 0 Å². The minimum atomic E-state index is 0. The van der Waals surface area contributed by atoms with E-state index in [1.807, 2.05) is 4.90 Å². The fourth-order valence-corrected chi connectivity index (χ4v) is 3.33. The molecule has 2 aromatic rings. The summed E-state index contributed by atoms with van der Waals surface area (Å²) in [5, 5.41) is 0. The van der Waals surface area contributed by atoms with E-state index in [2.05, 4.69) is 45.0 Å². The summed E-state index contributed by atoms with van der Waals surface area (Å²) >= 11 is 0. The molecule has 3 rings (SSSR count). The number of likely N-dealkylation sites (tertiary alicyclic amines) is 1. The Kier molecular flexibility index (Phi) is 5.96. The molecule has 1 atom stereocenters. The Labute approximate surface area is 155 Å². The van der Waals surface area contributed by atoms with Gasteiger partial charge in [0.15, 0.2) is 0 Å². The van der Waals surface area contributed by atoms with Crippen molar-refractivity contribution in [2.24, 2.45) is 5.73 Å². The van der Waals surface area contributed by atoms with Crippen LogP contribution in [-0.4, -0.2) is 17.4 Å². The largest absolute Gasteiger partial charge is 0.467 e. The van der Waals surface area contributed by atoms with Crippen molar-refractivity contribution < 1.29 is 9.21 Å². The lowest BCUT2D eigenvalue weighted by Gasteiger charge is -2.26. The van der Waals surface area contributed by atoms with Gasteiger partial charge in [0, 0.05) is 6.54 Å². The number of nitrogens with two attached hydrogens (primary N) is 1. The standard InChI is InChI=1S/C20H26N2O2.ClH/c1-20(2,3)16-8-6-14(7-9-16)18-5-4-10-22(18)19(23)15-11-17(12-21)24-13-15;/h6-9,11,13,18H,4-5,10,12,21H2,1-3H3;1H. The highest BCUT2D eigenvalue weighted by Crippen LogP contribution is 2.34. The molecular formula is C20H27ClN2O2. The second kappa shape index (κ2) is 7.63. The molecule has 1 aliphatic rings. The first-order valence-electron chi connectivity index (χ1n) is 8.59. The molecule has 0 radical (unpaired) electrons. The number of hydrogen-bond acceptors (Lipinski definition) is 3. The van der Waals surface area contributed by atoms with Crippen LogP contribution in [0.25, 0.3) is 0 Å². The highest BCUT2D eigenvalue weighted by atomic mass is 35.5. The molecule has 5 heteroatoms. The van der Waals surface area contributed by atoms with Crippen molar-refractivity contribution >= 4 is 18.3 Å². The molecule has 2 heterocycles. The van der Waals surface area contributed by atoms with Gasteiger partial charge in [0.05, 0.1) is 18.2 Å². The number of nitrogens with zero attached hydrogens (tertiary/aromatic N) is 1. The van der Waals surface area contributed by atoms with Gasteiger partial charge in [-0.3, -0.25) is 4.79 Å². The molecule has 1 fully saturated rings. The molecule has 136 valence electrons. The summed E-state index contributed by atoms with van der Waals surface area (Å²) in [5.74, 6) is 0.671. The Bertz CT molecular complexity index is 716. The zero-order valence-corrected chi connectivity index (χ0v) is 15.9. The van der Waals surface area contributed by atoms with E-state index in [1.54, 1.807) is 6.07 Å². The lowest BCUT2D eigenvalue weighted by Crippen LogP contribution is -2.30. The second-order valence-electron chi connectivity index (χ2n) is 7.53. The Morgan fingerprint density at radius 1 is 1.28 bits per heavy atom. The Hall–Kier alpha value is -1.78. The fourth-order valence-electron chi connectivity index (χ4n) is 3.33. The third kappa shape index (κ3) is 4.07. The second-order valence-corrected chi connectivity index (χ2v) is 7.53. The highest BCUT2D eigenvalue weighted by molar-refractivity contribution is 5.94. The summed E-state index contributed by atoms with van der Waals surface area (Å²) in [6.07, 6.45) is 3.55. The number of benzene rings is 1. The molecule has 2 N–H and O–H groups in total. The number of rotatable bonds is 3. The monoisotopic (exact) mass is 362 g/mol. The van der Waals surface area contributed by atoms with Crippen LogP contribution in [0.4, 0.5) is 0 Å². The summed E-state index contributed by atoms with van der Waals surface area (Å²) in [6, 6.07) is 10.6. The van der Waals surface area contributed by atoms with Gasteiger partial charge in [-0.2, -0.15) is 0 Å². The van der Waals surface area contributed by atoms with Crippen LogP contribution in [0.2, 0.25) is 0 Å². The minimum absolute atomic E-state index is 0. The van der Waals surface area contributed by atoms with Crippen molar-refractivity contribution in [3.63, 3.8) is 0 Å². The summed E-state index contributed by atoms with van der Waals surface area (Å²) in [5.41, 5.74) is 8.81. The van der Waals surface area contributed by atoms with E-state index in [0.29, 0.717) is 17.9 Å². The van der Waals surface area contributed by atoms with Gasteiger partial charge in [-0.05, 0) is 35.4 Å². The summed E-state index contributed by atoms with van der Waals surface area (Å²) in [7, 11) is 0. The third-order valence-electron chi connectivity index (χ3n) is 4.78. The molecule has 1 saturated heterocycles. The predicted molar refractivity (Wildman–Crippen MR) is 102 cm³/mol. The lowest BCUT2D eigenvalue weighted by atomic mass is 9.86. The number of furan rings is 1. The van der Waals surface area contributed by atoms with Gasteiger partial charge in [0.25, 0.3) is 5.91 Å². The molecule has 1 unspecified atom stereocenters. The van der Waals surface area contributed by atoms with E-state index < -0.39 is 0 Å². The molecule has 1 aromatic heterocycles. The molecule has 0 bridgehead atoms. The van der Waals surface area contributed by atoms with E-state index in [0.717, 1.165) is 19.4 Å². The fraction of sp³-hybridized carbons (Fsp3) is 0.450. The summed E-state index contributed by atoms with van der Waals surface area (Å²) < 4.78 is 5.32. The normalized spacial score (nSPS) is 17.4. The van der Waals surface area contributed by atoms with E-state index in [4.69, 9.17) is 10.2 Å². The van der Waals surface area contributed by atoms with Gasteiger partial charge >= 0.3 is 0 Å². The maximum atomic E-state index is 12.8. The van der Waals surface area contributed by atoms with Gasteiger partial charge < -0.3 is 15.1 Å². The number of amides is 1. The van der Waals surface area contributed by atoms with Crippen LogP contribution in [-0.2, 0) is 12.0 Å². The number of hydrogen-bond donors (Lipinski definition) is 1. The van der Waals surface area contributed by atoms with Gasteiger partial charge in [0.2, 0.25) is 0 Å². The molecule has 0 aliphatic carbocycles.